The van der Waals surface area contributed by atoms with Crippen LogP contribution in [0.4, 0.5) is 14.5 Å². The van der Waals surface area contributed by atoms with Crippen LogP contribution in [0.1, 0.15) is 0 Å². The number of alkyl halides is 2. The predicted molar refractivity (Wildman–Crippen MR) is 58.2 cm³/mol. The van der Waals surface area contributed by atoms with Gasteiger partial charge in [0.1, 0.15) is 5.69 Å². The highest BCUT2D eigenvalue weighted by atomic mass is 32.2. The Labute approximate surface area is 94.6 Å². The van der Waals surface area contributed by atoms with Crippen LogP contribution < -0.4 is 5.73 Å². The molecule has 0 amide bonds. The number of hydrogen-bond acceptors (Lipinski definition) is 4. The molecule has 1 aromatic carbocycles. The molecule has 0 radical (unpaired) electrons. The minimum atomic E-state index is -2.44. The van der Waals surface area contributed by atoms with E-state index in [4.69, 9.17) is 10.3 Å². The Hall–Kier alpha value is -1.56. The monoisotopic (exact) mass is 242 g/mol. The topological polar surface area (TPSA) is 52.0 Å². The Kier molecular flexibility index (Phi) is 3.09. The van der Waals surface area contributed by atoms with Crippen molar-refractivity contribution in [2.75, 3.05) is 5.73 Å². The van der Waals surface area contributed by atoms with Crippen molar-refractivity contribution in [3.05, 3.63) is 30.5 Å². The van der Waals surface area contributed by atoms with E-state index in [-0.39, 0.29) is 0 Å². The molecule has 0 atom stereocenters. The van der Waals surface area contributed by atoms with Crippen molar-refractivity contribution in [1.82, 2.24) is 5.16 Å². The smallest absolute Gasteiger partial charge is 0.288 e. The molecule has 0 unspecified atom stereocenters. The zero-order valence-electron chi connectivity index (χ0n) is 8.06. The second-order valence-electron chi connectivity index (χ2n) is 3.02. The molecule has 0 spiro atoms. The number of nitrogen functional groups attached to an aromatic ring is 1. The van der Waals surface area contributed by atoms with Gasteiger partial charge in [-0.2, -0.15) is 8.78 Å². The number of nitrogens with two attached hydrogens (primary N) is 1. The molecule has 0 saturated carbocycles. The molecule has 16 heavy (non-hydrogen) atoms. The van der Waals surface area contributed by atoms with Crippen LogP contribution >= 0.6 is 11.8 Å². The maximum atomic E-state index is 12.2. The van der Waals surface area contributed by atoms with Gasteiger partial charge in [-0.25, -0.2) is 0 Å². The summed E-state index contributed by atoms with van der Waals surface area (Å²) in [6, 6.07) is 6.59. The van der Waals surface area contributed by atoms with Gasteiger partial charge in [-0.3, -0.25) is 0 Å². The molecule has 2 rings (SSSR count). The van der Waals surface area contributed by atoms with Crippen LogP contribution in [0.15, 0.2) is 39.9 Å². The van der Waals surface area contributed by atoms with Crippen LogP contribution in [-0.4, -0.2) is 10.9 Å². The maximum Gasteiger partial charge on any atom is 0.288 e. The lowest BCUT2D eigenvalue weighted by Crippen LogP contribution is -1.86. The number of nitrogens with zero attached hydrogens (tertiary/aromatic N) is 1. The molecule has 0 bridgehead atoms. The van der Waals surface area contributed by atoms with Crippen molar-refractivity contribution >= 4 is 17.4 Å². The molecule has 0 aliphatic rings. The van der Waals surface area contributed by atoms with Gasteiger partial charge in [0.15, 0.2) is 5.76 Å². The number of thioether (sulfide) groups is 1. The fourth-order valence-corrected chi connectivity index (χ4v) is 1.84. The zero-order valence-corrected chi connectivity index (χ0v) is 8.88. The van der Waals surface area contributed by atoms with E-state index in [1.54, 1.807) is 24.3 Å². The van der Waals surface area contributed by atoms with Gasteiger partial charge in [-0.1, -0.05) is 29.1 Å². The fourth-order valence-electron chi connectivity index (χ4n) is 1.28. The number of rotatable bonds is 3. The number of hydrogen-bond donors (Lipinski definition) is 1. The van der Waals surface area contributed by atoms with Gasteiger partial charge in [0, 0.05) is 10.5 Å². The van der Waals surface area contributed by atoms with Crippen LogP contribution in [0, 0.1) is 0 Å². The van der Waals surface area contributed by atoms with E-state index >= 15 is 0 Å². The predicted octanol–water partition coefficient (Wildman–Crippen LogP) is 3.24. The van der Waals surface area contributed by atoms with Crippen molar-refractivity contribution in [1.29, 1.82) is 0 Å². The van der Waals surface area contributed by atoms with E-state index < -0.39 is 5.76 Å². The third kappa shape index (κ3) is 2.33. The van der Waals surface area contributed by atoms with Crippen LogP contribution in [-0.2, 0) is 0 Å². The van der Waals surface area contributed by atoms with Crippen molar-refractivity contribution < 1.29 is 13.3 Å². The fraction of sp³-hybridized carbons (Fsp3) is 0.100. The van der Waals surface area contributed by atoms with Gasteiger partial charge in [0.05, 0.1) is 6.20 Å². The summed E-state index contributed by atoms with van der Waals surface area (Å²) < 4.78 is 29.3. The van der Waals surface area contributed by atoms with Gasteiger partial charge in [-0.05, 0) is 12.1 Å². The molecule has 6 heteroatoms. The standard InChI is InChI=1S/C10H8F2N2OS/c11-10(12)16-7-3-1-2-6(4-7)9-8(13)5-14-15-9/h1-5,10H,13H2. The Morgan fingerprint density at radius 2 is 2.19 bits per heavy atom. The highest BCUT2D eigenvalue weighted by molar-refractivity contribution is 7.99. The highest BCUT2D eigenvalue weighted by Gasteiger charge is 2.10. The normalized spacial score (nSPS) is 10.9. The van der Waals surface area contributed by atoms with Crippen LogP contribution in [0.2, 0.25) is 0 Å². The minimum Gasteiger partial charge on any atom is -0.394 e. The van der Waals surface area contributed by atoms with E-state index in [9.17, 15) is 8.78 Å². The molecule has 0 aliphatic carbocycles. The van der Waals surface area contributed by atoms with Gasteiger partial charge >= 0.3 is 0 Å². The molecule has 0 saturated heterocycles. The average Bonchev–Trinajstić information content (AvgIpc) is 2.64. The Balaban J connectivity index is 2.33. The first kappa shape index (κ1) is 10.9. The molecule has 0 fully saturated rings. The second-order valence-corrected chi connectivity index (χ2v) is 4.08. The molecule has 2 aromatic rings. The van der Waals surface area contributed by atoms with Gasteiger partial charge in [0.2, 0.25) is 0 Å². The SMILES string of the molecule is Nc1cnoc1-c1cccc(SC(F)F)c1. The summed E-state index contributed by atoms with van der Waals surface area (Å²) in [5.74, 6) is -2.04. The van der Waals surface area contributed by atoms with Crippen molar-refractivity contribution in [3.8, 4) is 11.3 Å². The quantitative estimate of drug-likeness (QED) is 0.839. The van der Waals surface area contributed by atoms with E-state index in [1.807, 2.05) is 0 Å². The molecular weight excluding hydrogens is 234 g/mol. The zero-order chi connectivity index (χ0) is 11.5. The first-order valence-corrected chi connectivity index (χ1v) is 5.30. The first-order chi connectivity index (χ1) is 7.66. The van der Waals surface area contributed by atoms with Crippen molar-refractivity contribution in [2.24, 2.45) is 0 Å². The van der Waals surface area contributed by atoms with E-state index in [1.165, 1.54) is 6.20 Å². The van der Waals surface area contributed by atoms with Gasteiger partial charge < -0.3 is 10.3 Å². The Bertz CT molecular complexity index is 487. The first-order valence-electron chi connectivity index (χ1n) is 4.42. The van der Waals surface area contributed by atoms with Gasteiger partial charge in [-0.15, -0.1) is 0 Å². The summed E-state index contributed by atoms with van der Waals surface area (Å²) in [4.78, 5) is 0.461. The average molecular weight is 242 g/mol. The van der Waals surface area contributed by atoms with Crippen molar-refractivity contribution in [3.63, 3.8) is 0 Å². The third-order valence-electron chi connectivity index (χ3n) is 1.92. The Morgan fingerprint density at radius 1 is 1.38 bits per heavy atom. The molecule has 1 heterocycles. The lowest BCUT2D eigenvalue weighted by atomic mass is 10.1. The van der Waals surface area contributed by atoms with Gasteiger partial charge in [0.25, 0.3) is 5.76 Å². The Morgan fingerprint density at radius 3 is 2.81 bits per heavy atom. The molecule has 3 nitrogen and oxygen atoms in total. The molecule has 84 valence electrons. The number of anilines is 1. The highest BCUT2D eigenvalue weighted by Crippen LogP contribution is 2.31. The number of halogens is 2. The largest absolute Gasteiger partial charge is 0.394 e. The summed E-state index contributed by atoms with van der Waals surface area (Å²) in [5, 5.41) is 3.53. The summed E-state index contributed by atoms with van der Waals surface area (Å²) >= 11 is 0.479. The van der Waals surface area contributed by atoms with E-state index in [0.29, 0.717) is 33.7 Å². The van der Waals surface area contributed by atoms with Crippen LogP contribution in [0.25, 0.3) is 11.3 Å². The minimum absolute atomic E-state index is 0.388. The molecule has 2 N–H and O–H groups in total. The lowest BCUT2D eigenvalue weighted by Gasteiger charge is -2.02. The lowest BCUT2D eigenvalue weighted by molar-refractivity contribution is 0.252. The summed E-state index contributed by atoms with van der Waals surface area (Å²) in [6.07, 6.45) is 1.38. The number of benzene rings is 1. The molecule has 1 aromatic heterocycles. The molecule has 0 aliphatic heterocycles. The number of aromatic nitrogens is 1. The van der Waals surface area contributed by atoms with Crippen LogP contribution in [0.3, 0.4) is 0 Å². The second kappa shape index (κ2) is 4.52. The van der Waals surface area contributed by atoms with E-state index in [2.05, 4.69) is 5.16 Å². The summed E-state index contributed by atoms with van der Waals surface area (Å²) in [5.41, 5.74) is 6.64. The third-order valence-corrected chi connectivity index (χ3v) is 2.62. The molecular formula is C10H8F2N2OS. The van der Waals surface area contributed by atoms with Crippen molar-refractivity contribution in [2.45, 2.75) is 10.7 Å². The maximum absolute atomic E-state index is 12.2. The summed E-state index contributed by atoms with van der Waals surface area (Å²) in [7, 11) is 0. The summed E-state index contributed by atoms with van der Waals surface area (Å²) in [6.45, 7) is 0. The van der Waals surface area contributed by atoms with E-state index in [0.717, 1.165) is 0 Å². The van der Waals surface area contributed by atoms with Crippen LogP contribution in [0.5, 0.6) is 0 Å².